The first-order valence-corrected chi connectivity index (χ1v) is 4.38. The molecule has 1 aromatic heterocycles. The van der Waals surface area contributed by atoms with Crippen molar-refractivity contribution in [2.24, 2.45) is 0 Å². The lowest BCUT2D eigenvalue weighted by Gasteiger charge is -1.96. The zero-order chi connectivity index (χ0) is 11.7. The SMILES string of the molecule is CCOC(=O)c1cnn(CC)c1.O=C=O. The zero-order valence-corrected chi connectivity index (χ0v) is 8.60. The molecule has 0 unspecified atom stereocenters. The molecule has 0 radical (unpaired) electrons. The normalized spacial score (nSPS) is 8.40. The van der Waals surface area contributed by atoms with Gasteiger partial charge in [0.25, 0.3) is 0 Å². The van der Waals surface area contributed by atoms with Crippen LogP contribution in [0.1, 0.15) is 24.2 Å². The van der Waals surface area contributed by atoms with Crippen LogP contribution < -0.4 is 0 Å². The maximum absolute atomic E-state index is 11.1. The van der Waals surface area contributed by atoms with Crippen molar-refractivity contribution in [1.29, 1.82) is 0 Å². The van der Waals surface area contributed by atoms with Crippen molar-refractivity contribution in [2.75, 3.05) is 6.61 Å². The Hall–Kier alpha value is -1.94. The van der Waals surface area contributed by atoms with Crippen LogP contribution in [0.4, 0.5) is 0 Å². The van der Waals surface area contributed by atoms with E-state index in [0.717, 1.165) is 6.54 Å². The maximum Gasteiger partial charge on any atom is 0.373 e. The fourth-order valence-corrected chi connectivity index (χ4v) is 0.856. The summed E-state index contributed by atoms with van der Waals surface area (Å²) in [7, 11) is 0. The quantitative estimate of drug-likeness (QED) is 0.681. The monoisotopic (exact) mass is 212 g/mol. The van der Waals surface area contributed by atoms with Gasteiger partial charge in [0.2, 0.25) is 0 Å². The van der Waals surface area contributed by atoms with Crippen molar-refractivity contribution in [1.82, 2.24) is 9.78 Å². The molecule has 1 aromatic rings. The molecular weight excluding hydrogens is 200 g/mol. The van der Waals surface area contributed by atoms with Crippen molar-refractivity contribution >= 4 is 12.1 Å². The minimum atomic E-state index is -0.308. The number of ether oxygens (including phenoxy) is 1. The highest BCUT2D eigenvalue weighted by Crippen LogP contribution is 1.99. The number of rotatable bonds is 3. The molecule has 0 amide bonds. The Kier molecular flexibility index (Phi) is 6.50. The summed E-state index contributed by atoms with van der Waals surface area (Å²) >= 11 is 0. The molecule has 1 heterocycles. The van der Waals surface area contributed by atoms with E-state index in [4.69, 9.17) is 14.3 Å². The number of esters is 1. The third-order valence-electron chi connectivity index (χ3n) is 1.47. The van der Waals surface area contributed by atoms with Crippen LogP contribution >= 0.6 is 0 Å². The van der Waals surface area contributed by atoms with Crippen LogP contribution in [0, 0.1) is 0 Å². The molecule has 0 spiro atoms. The molecule has 0 aliphatic heterocycles. The van der Waals surface area contributed by atoms with Gasteiger partial charge >= 0.3 is 12.1 Å². The highest BCUT2D eigenvalue weighted by molar-refractivity contribution is 5.88. The molecule has 15 heavy (non-hydrogen) atoms. The van der Waals surface area contributed by atoms with Crippen LogP contribution in [0.25, 0.3) is 0 Å². The molecule has 6 nitrogen and oxygen atoms in total. The Labute approximate surface area is 86.8 Å². The summed E-state index contributed by atoms with van der Waals surface area (Å²) < 4.78 is 6.48. The highest BCUT2D eigenvalue weighted by atomic mass is 16.5. The summed E-state index contributed by atoms with van der Waals surface area (Å²) in [6.45, 7) is 4.90. The summed E-state index contributed by atoms with van der Waals surface area (Å²) in [5.74, 6) is -0.308. The number of aryl methyl sites for hydroxylation is 1. The number of carbonyl (C=O) groups excluding carboxylic acids is 3. The second-order valence-electron chi connectivity index (χ2n) is 2.39. The van der Waals surface area contributed by atoms with Crippen LogP contribution in [0.5, 0.6) is 0 Å². The Morgan fingerprint density at radius 3 is 2.53 bits per heavy atom. The van der Waals surface area contributed by atoms with Gasteiger partial charge in [-0.05, 0) is 13.8 Å². The van der Waals surface area contributed by atoms with E-state index in [2.05, 4.69) is 5.10 Å². The maximum atomic E-state index is 11.1. The van der Waals surface area contributed by atoms with E-state index < -0.39 is 0 Å². The number of hydrogen-bond donors (Lipinski definition) is 0. The predicted molar refractivity (Wildman–Crippen MR) is 48.9 cm³/mol. The van der Waals surface area contributed by atoms with Crippen molar-refractivity contribution in [2.45, 2.75) is 20.4 Å². The van der Waals surface area contributed by atoms with Gasteiger partial charge in [0.05, 0.1) is 18.4 Å². The van der Waals surface area contributed by atoms with Crippen molar-refractivity contribution in [3.63, 3.8) is 0 Å². The first kappa shape index (κ1) is 13.1. The Bertz CT molecular complexity index is 340. The van der Waals surface area contributed by atoms with Crippen LogP contribution in [-0.4, -0.2) is 28.5 Å². The molecule has 0 aromatic carbocycles. The van der Waals surface area contributed by atoms with Crippen molar-refractivity contribution in [3.05, 3.63) is 18.0 Å². The largest absolute Gasteiger partial charge is 0.462 e. The Balaban J connectivity index is 0.000000583. The average molecular weight is 212 g/mol. The molecule has 0 saturated heterocycles. The van der Waals surface area contributed by atoms with Gasteiger partial charge in [-0.2, -0.15) is 14.7 Å². The van der Waals surface area contributed by atoms with Crippen molar-refractivity contribution < 1.29 is 19.1 Å². The van der Waals surface area contributed by atoms with E-state index in [1.807, 2.05) is 6.92 Å². The van der Waals surface area contributed by atoms with Gasteiger partial charge in [0.1, 0.15) is 0 Å². The van der Waals surface area contributed by atoms with Gasteiger partial charge in [-0.25, -0.2) is 4.79 Å². The number of hydrogen-bond acceptors (Lipinski definition) is 5. The third kappa shape index (κ3) is 4.73. The summed E-state index contributed by atoms with van der Waals surface area (Å²) in [5, 5.41) is 3.95. The first-order valence-electron chi connectivity index (χ1n) is 4.38. The standard InChI is InChI=1S/C8H12N2O2.CO2/c1-3-10-6-7(5-9-10)8(11)12-4-2;2-1-3/h5-6H,3-4H2,1-2H3;. The smallest absolute Gasteiger partial charge is 0.373 e. The molecular formula is C9H12N2O4. The molecule has 0 atom stereocenters. The van der Waals surface area contributed by atoms with E-state index in [9.17, 15) is 4.79 Å². The van der Waals surface area contributed by atoms with E-state index in [1.54, 1.807) is 17.8 Å². The summed E-state index contributed by atoms with van der Waals surface area (Å²) in [6, 6.07) is 0. The summed E-state index contributed by atoms with van der Waals surface area (Å²) in [6.07, 6.45) is 3.44. The number of nitrogens with zero attached hydrogens (tertiary/aromatic N) is 2. The fourth-order valence-electron chi connectivity index (χ4n) is 0.856. The average Bonchev–Trinajstić information content (AvgIpc) is 2.67. The van der Waals surface area contributed by atoms with E-state index in [-0.39, 0.29) is 12.1 Å². The summed E-state index contributed by atoms with van der Waals surface area (Å²) in [4.78, 5) is 27.3. The van der Waals surface area contributed by atoms with Gasteiger partial charge in [0, 0.05) is 12.7 Å². The lowest BCUT2D eigenvalue weighted by molar-refractivity contribution is -0.191. The second-order valence-corrected chi connectivity index (χ2v) is 2.39. The molecule has 0 fully saturated rings. The van der Waals surface area contributed by atoms with Gasteiger partial charge in [-0.1, -0.05) is 0 Å². The molecule has 0 saturated carbocycles. The first-order chi connectivity index (χ1) is 7.19. The Morgan fingerprint density at radius 2 is 2.13 bits per heavy atom. The molecule has 0 N–H and O–H groups in total. The van der Waals surface area contributed by atoms with Crippen LogP contribution in [-0.2, 0) is 20.9 Å². The minimum absolute atomic E-state index is 0.250. The predicted octanol–water partition coefficient (Wildman–Crippen LogP) is 0.496. The molecule has 6 heteroatoms. The van der Waals surface area contributed by atoms with Crippen molar-refractivity contribution in [3.8, 4) is 0 Å². The topological polar surface area (TPSA) is 78.3 Å². The zero-order valence-electron chi connectivity index (χ0n) is 8.60. The van der Waals surface area contributed by atoms with Gasteiger partial charge < -0.3 is 4.74 Å². The Morgan fingerprint density at radius 1 is 1.53 bits per heavy atom. The number of carbonyl (C=O) groups is 1. The molecule has 0 aliphatic carbocycles. The molecule has 0 aliphatic rings. The molecule has 0 bridgehead atoms. The third-order valence-corrected chi connectivity index (χ3v) is 1.47. The van der Waals surface area contributed by atoms with Gasteiger partial charge in [0.15, 0.2) is 0 Å². The minimum Gasteiger partial charge on any atom is -0.462 e. The summed E-state index contributed by atoms with van der Waals surface area (Å²) in [5.41, 5.74) is 0.513. The fraction of sp³-hybridized carbons (Fsp3) is 0.444. The van der Waals surface area contributed by atoms with Crippen LogP contribution in [0.2, 0.25) is 0 Å². The lowest BCUT2D eigenvalue weighted by Crippen LogP contribution is -2.03. The molecule has 82 valence electrons. The van der Waals surface area contributed by atoms with E-state index in [0.29, 0.717) is 12.2 Å². The van der Waals surface area contributed by atoms with E-state index >= 15 is 0 Å². The van der Waals surface area contributed by atoms with Gasteiger partial charge in [-0.3, -0.25) is 4.68 Å². The van der Waals surface area contributed by atoms with E-state index in [1.165, 1.54) is 6.20 Å². The van der Waals surface area contributed by atoms with Crippen LogP contribution in [0.15, 0.2) is 12.4 Å². The number of aromatic nitrogens is 2. The lowest BCUT2D eigenvalue weighted by atomic mass is 10.4. The second kappa shape index (κ2) is 7.46. The van der Waals surface area contributed by atoms with Crippen LogP contribution in [0.3, 0.4) is 0 Å². The van der Waals surface area contributed by atoms with Gasteiger partial charge in [-0.15, -0.1) is 0 Å². The molecule has 1 rings (SSSR count). The highest BCUT2D eigenvalue weighted by Gasteiger charge is 2.07.